The molecule has 0 heterocycles. The van der Waals surface area contributed by atoms with Crippen molar-refractivity contribution in [2.24, 2.45) is 0 Å². The fourth-order valence-electron chi connectivity index (χ4n) is 3.46. The Hall–Kier alpha value is -3.39. The number of carbonyl (C=O) groups excluding carboxylic acids is 4. The second-order valence-electron chi connectivity index (χ2n) is 7.93. The molecule has 8 nitrogen and oxygen atoms in total. The lowest BCUT2D eigenvalue weighted by Gasteiger charge is -2.19. The van der Waals surface area contributed by atoms with Crippen molar-refractivity contribution in [3.8, 4) is 17.2 Å². The van der Waals surface area contributed by atoms with Crippen LogP contribution in [-0.2, 0) is 16.1 Å². The van der Waals surface area contributed by atoms with Crippen molar-refractivity contribution < 1.29 is 38.9 Å². The average Bonchev–Trinajstić information content (AvgIpc) is 2.80. The van der Waals surface area contributed by atoms with Crippen LogP contribution in [0.5, 0.6) is 17.2 Å². The molecule has 0 amide bonds. The number of phenolic OH excluding ortho intramolecular Hbond substituents is 2. The van der Waals surface area contributed by atoms with Gasteiger partial charge in [0, 0.05) is 24.3 Å². The van der Waals surface area contributed by atoms with Crippen molar-refractivity contribution >= 4 is 35.1 Å². The van der Waals surface area contributed by atoms with E-state index in [0.717, 1.165) is 0 Å². The minimum absolute atomic E-state index is 0.0350. The lowest BCUT2D eigenvalue weighted by atomic mass is 9.90. The van der Waals surface area contributed by atoms with Gasteiger partial charge in [0.1, 0.15) is 6.61 Å². The highest BCUT2D eigenvalue weighted by Gasteiger charge is 2.36. The first-order chi connectivity index (χ1) is 16.7. The molecule has 0 fully saturated rings. The number of esters is 2. The van der Waals surface area contributed by atoms with Crippen LogP contribution in [0.4, 0.5) is 0 Å². The van der Waals surface area contributed by atoms with E-state index in [1.165, 1.54) is 0 Å². The number of halogens is 1. The number of Topliss-reactive ketones (excluding diaryl/α,β-unsaturated/α-hetero) is 2. The number of ketones is 2. The molecule has 9 heteroatoms. The lowest BCUT2D eigenvalue weighted by molar-refractivity contribution is -0.134. The summed E-state index contributed by atoms with van der Waals surface area (Å²) in [7, 11) is 0. The highest BCUT2D eigenvalue weighted by molar-refractivity contribution is 6.30. The quantitative estimate of drug-likeness (QED) is 0.161. The van der Waals surface area contributed by atoms with Crippen LogP contribution in [0.25, 0.3) is 0 Å². The fraction of sp³-hybridized carbons (Fsp3) is 0.385. The summed E-state index contributed by atoms with van der Waals surface area (Å²) >= 11 is 5.97. The molecule has 0 aliphatic carbocycles. The van der Waals surface area contributed by atoms with Gasteiger partial charge in [-0.05, 0) is 37.0 Å². The maximum atomic E-state index is 13.3. The lowest BCUT2D eigenvalue weighted by Crippen LogP contribution is -2.20. The molecule has 0 unspecified atom stereocenters. The first kappa shape index (κ1) is 27.9. The van der Waals surface area contributed by atoms with E-state index in [1.807, 2.05) is 0 Å². The average molecular weight is 505 g/mol. The van der Waals surface area contributed by atoms with E-state index < -0.39 is 57.4 Å². The van der Waals surface area contributed by atoms with Crippen molar-refractivity contribution in [2.75, 3.05) is 0 Å². The van der Waals surface area contributed by atoms with Crippen LogP contribution in [0, 0.1) is 0 Å². The summed E-state index contributed by atoms with van der Waals surface area (Å²) in [5.41, 5.74) is -1.01. The Morgan fingerprint density at radius 1 is 0.829 bits per heavy atom. The van der Waals surface area contributed by atoms with Gasteiger partial charge in [-0.25, -0.2) is 4.79 Å². The van der Waals surface area contributed by atoms with Gasteiger partial charge >= 0.3 is 11.9 Å². The van der Waals surface area contributed by atoms with Gasteiger partial charge in [0.2, 0.25) is 5.75 Å². The molecule has 0 aromatic heterocycles. The molecule has 2 N–H and O–H groups in total. The number of aromatic hydroxyl groups is 2. The molecule has 2 aromatic rings. The Balaban J connectivity index is 2.74. The fourth-order valence-corrected chi connectivity index (χ4v) is 3.68. The molecule has 2 aromatic carbocycles. The van der Waals surface area contributed by atoms with Gasteiger partial charge in [-0.3, -0.25) is 14.4 Å². The second kappa shape index (κ2) is 12.9. The number of benzene rings is 2. The molecule has 0 spiro atoms. The number of ether oxygens (including phenoxy) is 2. The molecule has 0 aliphatic rings. The van der Waals surface area contributed by atoms with Crippen LogP contribution in [-0.4, -0.2) is 33.7 Å². The molecule has 188 valence electrons. The van der Waals surface area contributed by atoms with E-state index in [0.29, 0.717) is 29.8 Å². The van der Waals surface area contributed by atoms with Gasteiger partial charge in [0.15, 0.2) is 23.1 Å². The molecule has 0 aliphatic heterocycles. The standard InChI is InChI=1S/C26H29ClO8/c1-4-8-17(28)20-22(26(33)34-14-15-11-7-12-16(27)13-15)21(18(29)9-5-2)25(24(32)23(20)31)35-19(30)10-6-3/h7,11-13,31-32H,4-6,8-10,14H2,1-3H3. The zero-order chi connectivity index (χ0) is 26.1. The largest absolute Gasteiger partial charge is 0.504 e. The van der Waals surface area contributed by atoms with Crippen LogP contribution in [0.2, 0.25) is 5.02 Å². The molecule has 0 saturated heterocycles. The number of hydrogen-bond donors (Lipinski definition) is 2. The monoisotopic (exact) mass is 504 g/mol. The van der Waals surface area contributed by atoms with Gasteiger partial charge in [0.25, 0.3) is 0 Å². The predicted octanol–water partition coefficient (Wildman–Crippen LogP) is 5.78. The Morgan fingerprint density at radius 3 is 2.00 bits per heavy atom. The van der Waals surface area contributed by atoms with Gasteiger partial charge in [-0.15, -0.1) is 0 Å². The minimum Gasteiger partial charge on any atom is -0.504 e. The van der Waals surface area contributed by atoms with Crippen molar-refractivity contribution in [1.82, 2.24) is 0 Å². The van der Waals surface area contributed by atoms with Crippen LogP contribution in [0.3, 0.4) is 0 Å². The maximum Gasteiger partial charge on any atom is 0.340 e. The molecular formula is C26H29ClO8. The number of hydrogen-bond acceptors (Lipinski definition) is 8. The van der Waals surface area contributed by atoms with E-state index >= 15 is 0 Å². The number of carbonyl (C=O) groups is 4. The van der Waals surface area contributed by atoms with Crippen molar-refractivity contribution in [1.29, 1.82) is 0 Å². The van der Waals surface area contributed by atoms with E-state index in [-0.39, 0.29) is 25.9 Å². The third-order valence-corrected chi connectivity index (χ3v) is 5.28. The van der Waals surface area contributed by atoms with Crippen molar-refractivity contribution in [2.45, 2.75) is 65.9 Å². The minimum atomic E-state index is -1.09. The zero-order valence-corrected chi connectivity index (χ0v) is 20.7. The van der Waals surface area contributed by atoms with Crippen LogP contribution in [0.1, 0.15) is 95.9 Å². The predicted molar refractivity (Wildman–Crippen MR) is 129 cm³/mol. The first-order valence-electron chi connectivity index (χ1n) is 11.5. The summed E-state index contributed by atoms with van der Waals surface area (Å²) in [6, 6.07) is 6.55. The Morgan fingerprint density at radius 2 is 1.43 bits per heavy atom. The molecular weight excluding hydrogens is 476 g/mol. The highest BCUT2D eigenvalue weighted by atomic mass is 35.5. The molecule has 35 heavy (non-hydrogen) atoms. The Kier molecular flexibility index (Phi) is 10.3. The summed E-state index contributed by atoms with van der Waals surface area (Å²) in [5, 5.41) is 21.8. The van der Waals surface area contributed by atoms with Crippen LogP contribution in [0.15, 0.2) is 24.3 Å². The normalized spacial score (nSPS) is 10.6. The van der Waals surface area contributed by atoms with Gasteiger partial charge in [-0.2, -0.15) is 0 Å². The molecule has 0 atom stereocenters. The van der Waals surface area contributed by atoms with E-state index in [9.17, 15) is 29.4 Å². The van der Waals surface area contributed by atoms with E-state index in [2.05, 4.69) is 0 Å². The topological polar surface area (TPSA) is 127 Å². The summed E-state index contributed by atoms with van der Waals surface area (Å²) in [4.78, 5) is 51.6. The molecule has 0 bridgehead atoms. The third-order valence-electron chi connectivity index (χ3n) is 5.05. The SMILES string of the molecule is CCCC(=O)Oc1c(O)c(O)c(C(=O)CCC)c(C(=O)OCc2cccc(Cl)c2)c1C(=O)CCC. The van der Waals surface area contributed by atoms with Crippen LogP contribution < -0.4 is 4.74 Å². The summed E-state index contributed by atoms with van der Waals surface area (Å²) in [6.45, 7) is 4.93. The molecule has 0 saturated carbocycles. The van der Waals surface area contributed by atoms with Gasteiger partial charge < -0.3 is 19.7 Å². The summed E-state index contributed by atoms with van der Waals surface area (Å²) in [6.07, 6.45) is 0.994. The number of rotatable bonds is 12. The molecule has 0 radical (unpaired) electrons. The van der Waals surface area contributed by atoms with Crippen LogP contribution >= 0.6 is 11.6 Å². The second-order valence-corrected chi connectivity index (χ2v) is 8.36. The van der Waals surface area contributed by atoms with Gasteiger partial charge in [-0.1, -0.05) is 44.5 Å². The molecule has 2 rings (SSSR count). The van der Waals surface area contributed by atoms with Crippen molar-refractivity contribution in [3.05, 3.63) is 51.5 Å². The van der Waals surface area contributed by atoms with Crippen molar-refractivity contribution in [3.63, 3.8) is 0 Å². The summed E-state index contributed by atoms with van der Waals surface area (Å²) < 4.78 is 10.6. The Labute approximate surface area is 208 Å². The maximum absolute atomic E-state index is 13.3. The first-order valence-corrected chi connectivity index (χ1v) is 11.8. The zero-order valence-electron chi connectivity index (χ0n) is 20.0. The number of phenols is 2. The van der Waals surface area contributed by atoms with Gasteiger partial charge in [0.05, 0.1) is 16.7 Å². The third kappa shape index (κ3) is 6.82. The van der Waals surface area contributed by atoms with E-state index in [1.54, 1.807) is 45.0 Å². The summed E-state index contributed by atoms with van der Waals surface area (Å²) in [5.74, 6) is -5.77. The Bertz CT molecular complexity index is 1120. The van der Waals surface area contributed by atoms with E-state index in [4.69, 9.17) is 21.1 Å². The highest BCUT2D eigenvalue weighted by Crippen LogP contribution is 2.46. The smallest absolute Gasteiger partial charge is 0.340 e.